The second-order valence-electron chi connectivity index (χ2n) is 5.28. The fourth-order valence-electron chi connectivity index (χ4n) is 2.75. The van der Waals surface area contributed by atoms with Crippen LogP contribution in [-0.2, 0) is 12.8 Å². The third-order valence-corrected chi connectivity index (χ3v) is 5.25. The van der Waals surface area contributed by atoms with Gasteiger partial charge in [-0.05, 0) is 49.2 Å². The number of methoxy groups -OCH3 is 1. The maximum absolute atomic E-state index is 12.3. The summed E-state index contributed by atoms with van der Waals surface area (Å²) in [6.07, 6.45) is 3.01. The summed E-state index contributed by atoms with van der Waals surface area (Å²) >= 11 is 6.75. The van der Waals surface area contributed by atoms with Crippen LogP contribution in [0.15, 0.2) is 24.3 Å². The number of benzene rings is 1. The highest BCUT2D eigenvalue weighted by molar-refractivity contribution is 7.80. The van der Waals surface area contributed by atoms with Crippen molar-refractivity contribution in [3.63, 3.8) is 0 Å². The summed E-state index contributed by atoms with van der Waals surface area (Å²) in [7, 11) is 1.51. The number of thiophene rings is 1. The van der Waals surface area contributed by atoms with E-state index in [1.165, 1.54) is 23.3 Å². The molecule has 7 heteroatoms. The Balaban J connectivity index is 1.73. The van der Waals surface area contributed by atoms with Crippen molar-refractivity contribution in [2.24, 2.45) is 0 Å². The predicted molar refractivity (Wildman–Crippen MR) is 97.7 cm³/mol. The molecule has 1 aromatic carbocycles. The number of nitrogens with one attached hydrogen (secondary N) is 2. The molecule has 2 aromatic rings. The normalized spacial score (nSPS) is 12.2. The van der Waals surface area contributed by atoms with Gasteiger partial charge in [0.15, 0.2) is 5.11 Å². The van der Waals surface area contributed by atoms with E-state index in [1.807, 2.05) is 0 Å². The first-order valence-corrected chi connectivity index (χ1v) is 8.66. The van der Waals surface area contributed by atoms with Gasteiger partial charge in [-0.2, -0.15) is 5.26 Å². The minimum atomic E-state index is -0.354. The molecule has 2 N–H and O–H groups in total. The largest absolute Gasteiger partial charge is 0.496 e. The molecule has 1 aliphatic carbocycles. The maximum Gasteiger partial charge on any atom is 0.261 e. The number of nitriles is 1. The Morgan fingerprint density at radius 3 is 2.92 bits per heavy atom. The number of hydrogen-bond donors (Lipinski definition) is 2. The average molecular weight is 357 g/mol. The van der Waals surface area contributed by atoms with Crippen molar-refractivity contribution in [2.45, 2.75) is 19.3 Å². The van der Waals surface area contributed by atoms with Crippen LogP contribution < -0.4 is 15.4 Å². The Bertz CT molecular complexity index is 852. The predicted octanol–water partition coefficient (Wildman–Crippen LogP) is 3.24. The Hall–Kier alpha value is -2.43. The lowest BCUT2D eigenvalue weighted by Crippen LogP contribution is -2.34. The zero-order valence-corrected chi connectivity index (χ0v) is 14.6. The van der Waals surface area contributed by atoms with Crippen molar-refractivity contribution in [1.29, 1.82) is 5.26 Å². The molecule has 24 heavy (non-hydrogen) atoms. The summed E-state index contributed by atoms with van der Waals surface area (Å²) in [6, 6.07) is 9.16. The number of aryl methyl sites for hydroxylation is 1. The molecular weight excluding hydrogens is 342 g/mol. The number of nitrogens with zero attached hydrogens (tertiary/aromatic N) is 1. The molecule has 0 saturated heterocycles. The Morgan fingerprint density at radius 1 is 1.38 bits per heavy atom. The molecule has 0 unspecified atom stereocenters. The van der Waals surface area contributed by atoms with E-state index in [-0.39, 0.29) is 11.0 Å². The molecule has 0 radical (unpaired) electrons. The van der Waals surface area contributed by atoms with Crippen LogP contribution in [0.4, 0.5) is 5.00 Å². The Kier molecular flexibility index (Phi) is 4.79. The van der Waals surface area contributed by atoms with Crippen LogP contribution in [0.5, 0.6) is 5.75 Å². The van der Waals surface area contributed by atoms with E-state index >= 15 is 0 Å². The number of anilines is 1. The molecule has 5 nitrogen and oxygen atoms in total. The van der Waals surface area contributed by atoms with Gasteiger partial charge >= 0.3 is 0 Å². The molecule has 1 aromatic heterocycles. The van der Waals surface area contributed by atoms with Crippen molar-refractivity contribution in [2.75, 3.05) is 12.4 Å². The van der Waals surface area contributed by atoms with E-state index in [1.54, 1.807) is 24.3 Å². The van der Waals surface area contributed by atoms with Crippen LogP contribution in [0.3, 0.4) is 0 Å². The molecule has 0 aliphatic heterocycles. The fraction of sp³-hybridized carbons (Fsp3) is 0.235. The third-order valence-electron chi connectivity index (χ3n) is 3.84. The zero-order chi connectivity index (χ0) is 17.1. The summed E-state index contributed by atoms with van der Waals surface area (Å²) < 4.78 is 5.18. The van der Waals surface area contributed by atoms with Crippen molar-refractivity contribution in [3.8, 4) is 11.8 Å². The number of amides is 1. The summed E-state index contributed by atoms with van der Waals surface area (Å²) in [6.45, 7) is 0. The topological polar surface area (TPSA) is 74.2 Å². The average Bonchev–Trinajstić information content (AvgIpc) is 3.15. The highest BCUT2D eigenvalue weighted by Gasteiger charge is 2.23. The molecular formula is C17H15N3O2S2. The lowest BCUT2D eigenvalue weighted by molar-refractivity contribution is 0.0975. The minimum Gasteiger partial charge on any atom is -0.496 e. The molecule has 0 fully saturated rings. The van der Waals surface area contributed by atoms with E-state index < -0.39 is 0 Å². The van der Waals surface area contributed by atoms with E-state index in [9.17, 15) is 10.1 Å². The van der Waals surface area contributed by atoms with Crippen LogP contribution in [0, 0.1) is 11.3 Å². The molecule has 3 rings (SSSR count). The van der Waals surface area contributed by atoms with Crippen molar-refractivity contribution in [3.05, 3.63) is 45.8 Å². The Morgan fingerprint density at radius 2 is 2.17 bits per heavy atom. The van der Waals surface area contributed by atoms with Gasteiger partial charge in [-0.25, -0.2) is 0 Å². The molecule has 0 saturated carbocycles. The first-order valence-electron chi connectivity index (χ1n) is 7.44. The lowest BCUT2D eigenvalue weighted by Gasteiger charge is -2.11. The number of thiocarbonyl (C=S) groups is 1. The lowest BCUT2D eigenvalue weighted by atomic mass is 10.1. The van der Waals surface area contributed by atoms with Gasteiger partial charge in [0.2, 0.25) is 0 Å². The molecule has 1 amide bonds. The smallest absolute Gasteiger partial charge is 0.261 e. The number of ether oxygens (including phenoxy) is 1. The molecule has 0 atom stereocenters. The number of carbonyl (C=O) groups excluding carboxylic acids is 1. The number of fused-ring (bicyclic) bond motifs is 1. The van der Waals surface area contributed by atoms with Gasteiger partial charge in [0.05, 0.1) is 18.2 Å². The molecule has 0 bridgehead atoms. The number of carbonyl (C=O) groups is 1. The fourth-order valence-corrected chi connectivity index (χ4v) is 4.25. The summed E-state index contributed by atoms with van der Waals surface area (Å²) in [5.74, 6) is 0.123. The van der Waals surface area contributed by atoms with E-state index in [0.29, 0.717) is 21.9 Å². The highest BCUT2D eigenvalue weighted by Crippen LogP contribution is 2.38. The number of para-hydroxylation sites is 1. The van der Waals surface area contributed by atoms with Crippen molar-refractivity contribution < 1.29 is 9.53 Å². The van der Waals surface area contributed by atoms with E-state index in [0.717, 1.165) is 24.8 Å². The summed E-state index contributed by atoms with van der Waals surface area (Å²) in [4.78, 5) is 13.6. The molecule has 122 valence electrons. The van der Waals surface area contributed by atoms with Gasteiger partial charge < -0.3 is 10.1 Å². The highest BCUT2D eigenvalue weighted by atomic mass is 32.1. The second-order valence-corrected chi connectivity index (χ2v) is 6.80. The third kappa shape index (κ3) is 3.11. The summed E-state index contributed by atoms with van der Waals surface area (Å²) in [5, 5.41) is 15.9. The van der Waals surface area contributed by atoms with E-state index in [2.05, 4.69) is 16.7 Å². The molecule has 0 spiro atoms. The van der Waals surface area contributed by atoms with Crippen LogP contribution in [0.1, 0.15) is 32.8 Å². The van der Waals surface area contributed by atoms with Gasteiger partial charge in [-0.3, -0.25) is 10.1 Å². The monoisotopic (exact) mass is 357 g/mol. The van der Waals surface area contributed by atoms with Crippen LogP contribution >= 0.6 is 23.6 Å². The van der Waals surface area contributed by atoms with Crippen molar-refractivity contribution in [1.82, 2.24) is 5.32 Å². The van der Waals surface area contributed by atoms with E-state index in [4.69, 9.17) is 17.0 Å². The van der Waals surface area contributed by atoms with Gasteiger partial charge in [0.25, 0.3) is 5.91 Å². The SMILES string of the molecule is COc1ccccc1C(=O)NC(=S)Nc1sc2c(c1C#N)CCC2. The first kappa shape index (κ1) is 16.4. The first-order chi connectivity index (χ1) is 11.6. The number of rotatable bonds is 3. The summed E-state index contributed by atoms with van der Waals surface area (Å²) in [5.41, 5.74) is 2.16. The van der Waals surface area contributed by atoms with Crippen LogP contribution in [0.2, 0.25) is 0 Å². The van der Waals surface area contributed by atoms with Crippen molar-refractivity contribution >= 4 is 39.6 Å². The minimum absolute atomic E-state index is 0.169. The van der Waals surface area contributed by atoms with Crippen LogP contribution in [0.25, 0.3) is 0 Å². The van der Waals surface area contributed by atoms with Gasteiger partial charge in [0.1, 0.15) is 16.8 Å². The maximum atomic E-state index is 12.3. The standard InChI is InChI=1S/C17H15N3O2S2/c1-22-13-7-3-2-5-11(13)15(21)19-17(23)20-16-12(9-18)10-6-4-8-14(10)24-16/h2-3,5,7H,4,6,8H2,1H3,(H2,19,20,21,23). The zero-order valence-electron chi connectivity index (χ0n) is 13.0. The van der Waals surface area contributed by atoms with Crippen LogP contribution in [-0.4, -0.2) is 18.1 Å². The van der Waals surface area contributed by atoms with Gasteiger partial charge in [-0.15, -0.1) is 11.3 Å². The molecule has 1 heterocycles. The van der Waals surface area contributed by atoms with Gasteiger partial charge in [0, 0.05) is 4.88 Å². The number of hydrogen-bond acceptors (Lipinski definition) is 5. The Labute approximate surface area is 149 Å². The molecule has 1 aliphatic rings. The quantitative estimate of drug-likeness (QED) is 0.825. The van der Waals surface area contributed by atoms with Gasteiger partial charge in [-0.1, -0.05) is 12.1 Å². The second kappa shape index (κ2) is 6.99.